The molecule has 4 unspecified atom stereocenters. The highest BCUT2D eigenvalue weighted by Crippen LogP contribution is 2.57. The molecular formula is C22H20O2. The van der Waals surface area contributed by atoms with Crippen LogP contribution in [0.1, 0.15) is 51.4 Å². The van der Waals surface area contributed by atoms with Crippen LogP contribution in [0.3, 0.4) is 0 Å². The van der Waals surface area contributed by atoms with Gasteiger partial charge in [0.1, 0.15) is 0 Å². The number of fused-ring (bicyclic) bond motifs is 10. The maximum atomic E-state index is 11.9. The van der Waals surface area contributed by atoms with Crippen LogP contribution in [0.2, 0.25) is 0 Å². The van der Waals surface area contributed by atoms with Crippen LogP contribution >= 0.6 is 0 Å². The van der Waals surface area contributed by atoms with Crippen LogP contribution in [0, 0.1) is 13.8 Å². The molecule has 4 atom stereocenters. The number of Topliss-reactive ketones (excluding diaryl/α,β-unsaturated/α-hetero) is 1. The number of ketones is 1. The molecule has 2 aromatic rings. The Hall–Kier alpha value is -2.19. The van der Waals surface area contributed by atoms with Gasteiger partial charge >= 0.3 is 0 Å². The summed E-state index contributed by atoms with van der Waals surface area (Å²) in [6.45, 7) is 5.97. The molecule has 24 heavy (non-hydrogen) atoms. The molecule has 0 radical (unpaired) electrons. The third kappa shape index (κ3) is 1.72. The van der Waals surface area contributed by atoms with Crippen molar-refractivity contribution in [1.29, 1.82) is 0 Å². The third-order valence-electron chi connectivity index (χ3n) is 6.03. The van der Waals surface area contributed by atoms with Gasteiger partial charge in [0.05, 0.1) is 12.2 Å². The Kier molecular flexibility index (Phi) is 2.76. The predicted octanol–water partition coefficient (Wildman–Crippen LogP) is 4.69. The number of hydrogen-bond donors (Lipinski definition) is 0. The highest BCUT2D eigenvalue weighted by atomic mass is 16.5. The van der Waals surface area contributed by atoms with Crippen LogP contribution in [0.15, 0.2) is 42.5 Å². The molecule has 2 heteroatoms. The molecule has 120 valence electrons. The number of hydrogen-bond acceptors (Lipinski definition) is 2. The number of rotatable bonds is 1. The van der Waals surface area contributed by atoms with Crippen molar-refractivity contribution in [3.63, 3.8) is 0 Å². The molecule has 0 aromatic heterocycles. The molecule has 5 rings (SSSR count). The standard InChI is InChI=1S/C22H20O2/c1-11-8-16-17-10-14(13(3)23)4-5-15(17)21-19-6-7-20(24-19)22(21)18(16)9-12(11)2/h4-10,19-22H,1-3H3. The molecule has 2 aliphatic heterocycles. The minimum Gasteiger partial charge on any atom is -0.366 e. The minimum absolute atomic E-state index is 0.120. The number of carbonyl (C=O) groups excluding carboxylic acids is 1. The Morgan fingerprint density at radius 3 is 2.21 bits per heavy atom. The number of benzene rings is 2. The number of aryl methyl sites for hydroxylation is 2. The fourth-order valence-corrected chi connectivity index (χ4v) is 4.70. The largest absolute Gasteiger partial charge is 0.366 e. The lowest BCUT2D eigenvalue weighted by Gasteiger charge is -2.35. The van der Waals surface area contributed by atoms with Gasteiger partial charge in [-0.3, -0.25) is 4.79 Å². The van der Waals surface area contributed by atoms with Crippen molar-refractivity contribution in [3.05, 3.63) is 70.3 Å². The van der Waals surface area contributed by atoms with Gasteiger partial charge in [-0.25, -0.2) is 0 Å². The van der Waals surface area contributed by atoms with Gasteiger partial charge in [0, 0.05) is 17.4 Å². The Morgan fingerprint density at radius 2 is 1.50 bits per heavy atom. The van der Waals surface area contributed by atoms with E-state index >= 15 is 0 Å². The Morgan fingerprint density at radius 1 is 0.875 bits per heavy atom. The lowest BCUT2D eigenvalue weighted by atomic mass is 9.66. The summed E-state index contributed by atoms with van der Waals surface area (Å²) in [7, 11) is 0. The van der Waals surface area contributed by atoms with Gasteiger partial charge in [0.2, 0.25) is 0 Å². The van der Waals surface area contributed by atoms with Crippen molar-refractivity contribution >= 4 is 5.78 Å². The van der Waals surface area contributed by atoms with E-state index in [0.29, 0.717) is 11.8 Å². The fourth-order valence-electron chi connectivity index (χ4n) is 4.70. The van der Waals surface area contributed by atoms with Crippen molar-refractivity contribution in [2.75, 3.05) is 0 Å². The molecule has 1 fully saturated rings. The quantitative estimate of drug-likeness (QED) is 0.563. The predicted molar refractivity (Wildman–Crippen MR) is 94.6 cm³/mol. The minimum atomic E-state index is 0.120. The molecule has 0 spiro atoms. The summed E-state index contributed by atoms with van der Waals surface area (Å²) in [6, 6.07) is 10.8. The Bertz CT molecular complexity index is 922. The maximum Gasteiger partial charge on any atom is 0.159 e. The summed E-state index contributed by atoms with van der Waals surface area (Å²) in [5, 5.41) is 0. The van der Waals surface area contributed by atoms with Crippen molar-refractivity contribution in [2.45, 2.75) is 44.8 Å². The Balaban J connectivity index is 1.83. The lowest BCUT2D eigenvalue weighted by Crippen LogP contribution is -2.25. The third-order valence-corrected chi connectivity index (χ3v) is 6.03. The molecular weight excluding hydrogens is 296 g/mol. The summed E-state index contributed by atoms with van der Waals surface area (Å²) in [6.07, 6.45) is 4.78. The van der Waals surface area contributed by atoms with E-state index in [2.05, 4.69) is 50.3 Å². The molecule has 0 saturated carbocycles. The van der Waals surface area contributed by atoms with Crippen LogP contribution in [0.25, 0.3) is 11.1 Å². The van der Waals surface area contributed by atoms with E-state index in [1.165, 1.54) is 33.4 Å². The first-order valence-electron chi connectivity index (χ1n) is 8.65. The number of ether oxygens (including phenoxy) is 1. The van der Waals surface area contributed by atoms with Crippen LogP contribution < -0.4 is 0 Å². The van der Waals surface area contributed by atoms with Crippen molar-refractivity contribution in [2.24, 2.45) is 0 Å². The molecule has 2 heterocycles. The number of carbonyl (C=O) groups is 1. The van der Waals surface area contributed by atoms with Gasteiger partial charge in [-0.15, -0.1) is 0 Å². The van der Waals surface area contributed by atoms with Gasteiger partial charge in [-0.1, -0.05) is 36.4 Å². The molecule has 2 nitrogen and oxygen atoms in total. The SMILES string of the molecule is CC(=O)c1ccc2c(c1)-c1cc(C)c(C)cc1C1C3C=CC(O3)C21. The highest BCUT2D eigenvalue weighted by molar-refractivity contribution is 5.96. The van der Waals surface area contributed by atoms with E-state index in [9.17, 15) is 4.79 Å². The molecule has 0 N–H and O–H groups in total. The van der Waals surface area contributed by atoms with Gasteiger partial charge < -0.3 is 4.74 Å². The van der Waals surface area contributed by atoms with Gasteiger partial charge in [-0.05, 0) is 60.2 Å². The normalized spacial score (nSPS) is 28.5. The van der Waals surface area contributed by atoms with E-state index in [4.69, 9.17) is 4.74 Å². The second-order valence-electron chi connectivity index (χ2n) is 7.38. The first-order valence-corrected chi connectivity index (χ1v) is 8.65. The summed E-state index contributed by atoms with van der Waals surface area (Å²) in [4.78, 5) is 11.9. The van der Waals surface area contributed by atoms with Crippen molar-refractivity contribution in [3.8, 4) is 11.1 Å². The zero-order valence-electron chi connectivity index (χ0n) is 14.2. The lowest BCUT2D eigenvalue weighted by molar-refractivity contribution is 0.101. The van der Waals surface area contributed by atoms with Crippen LogP contribution in [-0.4, -0.2) is 18.0 Å². The van der Waals surface area contributed by atoms with Gasteiger partial charge in [0.25, 0.3) is 0 Å². The second-order valence-corrected chi connectivity index (χ2v) is 7.38. The fraction of sp³-hybridized carbons (Fsp3) is 0.318. The van der Waals surface area contributed by atoms with Crippen molar-refractivity contribution < 1.29 is 9.53 Å². The molecule has 3 aliphatic rings. The first kappa shape index (κ1) is 14.2. The average Bonchev–Trinajstić information content (AvgIpc) is 3.17. The molecule has 2 aromatic carbocycles. The first-order chi connectivity index (χ1) is 11.5. The van der Waals surface area contributed by atoms with Gasteiger partial charge in [0.15, 0.2) is 5.78 Å². The summed E-state index contributed by atoms with van der Waals surface area (Å²) in [5.41, 5.74) is 8.62. The van der Waals surface area contributed by atoms with Crippen LogP contribution in [0.5, 0.6) is 0 Å². The highest BCUT2D eigenvalue weighted by Gasteiger charge is 2.50. The summed E-state index contributed by atoms with van der Waals surface area (Å²) >= 11 is 0. The molecule has 1 aliphatic carbocycles. The maximum absolute atomic E-state index is 11.9. The zero-order valence-corrected chi connectivity index (χ0v) is 14.2. The topological polar surface area (TPSA) is 26.3 Å². The van der Waals surface area contributed by atoms with Crippen LogP contribution in [-0.2, 0) is 4.74 Å². The zero-order chi connectivity index (χ0) is 16.6. The van der Waals surface area contributed by atoms with E-state index < -0.39 is 0 Å². The van der Waals surface area contributed by atoms with Crippen LogP contribution in [0.4, 0.5) is 0 Å². The molecule has 2 bridgehead atoms. The molecule has 1 saturated heterocycles. The smallest absolute Gasteiger partial charge is 0.159 e. The summed E-state index contributed by atoms with van der Waals surface area (Å²) < 4.78 is 6.20. The van der Waals surface area contributed by atoms with Gasteiger partial charge in [-0.2, -0.15) is 0 Å². The van der Waals surface area contributed by atoms with E-state index in [-0.39, 0.29) is 18.0 Å². The van der Waals surface area contributed by atoms with E-state index in [0.717, 1.165) is 5.56 Å². The second kappa shape index (κ2) is 4.67. The average molecular weight is 316 g/mol. The molecule has 0 amide bonds. The van der Waals surface area contributed by atoms with E-state index in [1.54, 1.807) is 6.92 Å². The Labute approximate surface area is 142 Å². The summed E-state index contributed by atoms with van der Waals surface area (Å²) in [5.74, 6) is 0.880. The van der Waals surface area contributed by atoms with E-state index in [1.807, 2.05) is 6.07 Å². The monoisotopic (exact) mass is 316 g/mol. The van der Waals surface area contributed by atoms with Crippen molar-refractivity contribution in [1.82, 2.24) is 0 Å².